The van der Waals surface area contributed by atoms with Crippen LogP contribution in [-0.4, -0.2) is 33.7 Å². The lowest BCUT2D eigenvalue weighted by Crippen LogP contribution is -2.32. The van der Waals surface area contributed by atoms with Gasteiger partial charge in [0.25, 0.3) is 0 Å². The largest absolute Gasteiger partial charge is 0.481 e. The molecule has 1 saturated heterocycles. The standard InChI is InChI=1S/C10H14N2O3/c1-7-9(10(13)14)2-3-12(7)5-8-4-11-15-6-8/h4,6-7,9H,2-3,5H2,1H3,(H,13,14). The molecule has 82 valence electrons. The molecule has 2 heterocycles. The summed E-state index contributed by atoms with van der Waals surface area (Å²) in [7, 11) is 0. The van der Waals surface area contributed by atoms with Crippen LogP contribution in [0.25, 0.3) is 0 Å². The molecule has 0 aliphatic carbocycles. The predicted molar refractivity (Wildman–Crippen MR) is 52.1 cm³/mol. The summed E-state index contributed by atoms with van der Waals surface area (Å²) in [4.78, 5) is 13.0. The highest BCUT2D eigenvalue weighted by atomic mass is 16.5. The van der Waals surface area contributed by atoms with Gasteiger partial charge in [-0.2, -0.15) is 0 Å². The molecule has 0 spiro atoms. The van der Waals surface area contributed by atoms with E-state index in [-0.39, 0.29) is 12.0 Å². The van der Waals surface area contributed by atoms with Gasteiger partial charge >= 0.3 is 5.97 Å². The van der Waals surface area contributed by atoms with Crippen LogP contribution in [0.5, 0.6) is 0 Å². The van der Waals surface area contributed by atoms with Gasteiger partial charge in [0.05, 0.1) is 12.1 Å². The molecule has 0 bridgehead atoms. The van der Waals surface area contributed by atoms with Crippen LogP contribution < -0.4 is 0 Å². The summed E-state index contributed by atoms with van der Waals surface area (Å²) in [5, 5.41) is 12.6. The van der Waals surface area contributed by atoms with Crippen molar-refractivity contribution in [3.8, 4) is 0 Å². The fraction of sp³-hybridized carbons (Fsp3) is 0.600. The quantitative estimate of drug-likeness (QED) is 0.805. The van der Waals surface area contributed by atoms with Gasteiger partial charge in [-0.15, -0.1) is 0 Å². The Labute approximate surface area is 87.7 Å². The number of rotatable bonds is 3. The molecule has 1 aliphatic rings. The maximum atomic E-state index is 10.9. The normalized spacial score (nSPS) is 27.0. The number of likely N-dealkylation sites (tertiary alicyclic amines) is 1. The maximum Gasteiger partial charge on any atom is 0.308 e. The number of carboxylic acids is 1. The molecular formula is C10H14N2O3. The molecule has 1 aliphatic heterocycles. The van der Waals surface area contributed by atoms with Crippen molar-refractivity contribution < 1.29 is 14.4 Å². The van der Waals surface area contributed by atoms with Crippen LogP contribution in [0.2, 0.25) is 0 Å². The molecule has 2 rings (SSSR count). The summed E-state index contributed by atoms with van der Waals surface area (Å²) in [5.41, 5.74) is 0.993. The van der Waals surface area contributed by atoms with Crippen LogP contribution in [0.15, 0.2) is 17.0 Å². The topological polar surface area (TPSA) is 66.6 Å². The van der Waals surface area contributed by atoms with Gasteiger partial charge in [0.15, 0.2) is 0 Å². The molecule has 0 amide bonds. The lowest BCUT2D eigenvalue weighted by Gasteiger charge is -2.21. The summed E-state index contributed by atoms with van der Waals surface area (Å²) in [6.07, 6.45) is 3.99. The van der Waals surface area contributed by atoms with Gasteiger partial charge in [-0.1, -0.05) is 5.16 Å². The molecule has 0 aromatic carbocycles. The molecular weight excluding hydrogens is 196 g/mol. The van der Waals surface area contributed by atoms with E-state index >= 15 is 0 Å². The average molecular weight is 210 g/mol. The van der Waals surface area contributed by atoms with Crippen LogP contribution >= 0.6 is 0 Å². The molecule has 1 fully saturated rings. The second-order valence-corrected chi connectivity index (χ2v) is 3.98. The van der Waals surface area contributed by atoms with E-state index in [0.717, 1.165) is 18.5 Å². The first-order valence-corrected chi connectivity index (χ1v) is 5.03. The van der Waals surface area contributed by atoms with Gasteiger partial charge in [-0.25, -0.2) is 0 Å². The van der Waals surface area contributed by atoms with E-state index in [1.54, 1.807) is 12.5 Å². The Bertz CT molecular complexity index is 336. The van der Waals surface area contributed by atoms with Gasteiger partial charge in [0, 0.05) is 18.2 Å². The lowest BCUT2D eigenvalue weighted by atomic mass is 10.0. The van der Waals surface area contributed by atoms with E-state index in [9.17, 15) is 4.79 Å². The SMILES string of the molecule is CC1C(C(=O)O)CCN1Cc1cnoc1. The Balaban J connectivity index is 1.98. The van der Waals surface area contributed by atoms with Crippen molar-refractivity contribution in [3.05, 3.63) is 18.0 Å². The lowest BCUT2D eigenvalue weighted by molar-refractivity contribution is -0.142. The molecule has 0 radical (unpaired) electrons. The molecule has 2 unspecified atom stereocenters. The summed E-state index contributed by atoms with van der Waals surface area (Å²) in [6.45, 7) is 3.50. The summed E-state index contributed by atoms with van der Waals surface area (Å²) in [6, 6.07) is 0.0809. The minimum atomic E-state index is -0.699. The van der Waals surface area contributed by atoms with Crippen LogP contribution in [0.3, 0.4) is 0 Å². The van der Waals surface area contributed by atoms with Crippen molar-refractivity contribution in [3.63, 3.8) is 0 Å². The highest BCUT2D eigenvalue weighted by molar-refractivity contribution is 5.71. The smallest absolute Gasteiger partial charge is 0.308 e. The van der Waals surface area contributed by atoms with Crippen molar-refractivity contribution in [2.24, 2.45) is 5.92 Å². The zero-order valence-electron chi connectivity index (χ0n) is 8.59. The fourth-order valence-electron chi connectivity index (χ4n) is 2.10. The van der Waals surface area contributed by atoms with E-state index in [4.69, 9.17) is 9.63 Å². The second kappa shape index (κ2) is 4.02. The zero-order valence-corrected chi connectivity index (χ0v) is 8.59. The zero-order chi connectivity index (χ0) is 10.8. The van der Waals surface area contributed by atoms with Crippen molar-refractivity contribution in [2.45, 2.75) is 25.9 Å². The Morgan fingerprint density at radius 1 is 1.80 bits per heavy atom. The van der Waals surface area contributed by atoms with Crippen LogP contribution in [0, 0.1) is 5.92 Å². The van der Waals surface area contributed by atoms with Crippen molar-refractivity contribution >= 4 is 5.97 Å². The predicted octanol–water partition coefficient (Wildman–Crippen LogP) is 0.970. The Hall–Kier alpha value is -1.36. The number of hydrogen-bond donors (Lipinski definition) is 1. The third-order valence-electron chi connectivity index (χ3n) is 3.07. The summed E-state index contributed by atoms with van der Waals surface area (Å²) < 4.78 is 4.74. The number of carbonyl (C=O) groups is 1. The maximum absolute atomic E-state index is 10.9. The molecule has 5 heteroatoms. The first-order valence-electron chi connectivity index (χ1n) is 5.03. The molecule has 1 aromatic heterocycles. The van der Waals surface area contributed by atoms with Crippen LogP contribution in [-0.2, 0) is 11.3 Å². The molecule has 1 N–H and O–H groups in total. The van der Waals surface area contributed by atoms with Gasteiger partial charge < -0.3 is 9.63 Å². The minimum Gasteiger partial charge on any atom is -0.481 e. The van der Waals surface area contributed by atoms with E-state index in [0.29, 0.717) is 6.54 Å². The Morgan fingerprint density at radius 3 is 3.13 bits per heavy atom. The van der Waals surface area contributed by atoms with E-state index in [1.165, 1.54) is 0 Å². The van der Waals surface area contributed by atoms with Crippen molar-refractivity contribution in [2.75, 3.05) is 6.54 Å². The highest BCUT2D eigenvalue weighted by Crippen LogP contribution is 2.25. The molecule has 0 saturated carbocycles. The molecule has 15 heavy (non-hydrogen) atoms. The number of carboxylic acid groups (broad SMARTS) is 1. The van der Waals surface area contributed by atoms with Gasteiger partial charge in [0.2, 0.25) is 0 Å². The monoisotopic (exact) mass is 210 g/mol. The first-order chi connectivity index (χ1) is 7.18. The highest BCUT2D eigenvalue weighted by Gasteiger charge is 2.35. The van der Waals surface area contributed by atoms with Crippen LogP contribution in [0.1, 0.15) is 18.9 Å². The molecule has 1 aromatic rings. The Morgan fingerprint density at radius 2 is 2.60 bits per heavy atom. The number of hydrogen-bond acceptors (Lipinski definition) is 4. The van der Waals surface area contributed by atoms with Crippen molar-refractivity contribution in [1.29, 1.82) is 0 Å². The van der Waals surface area contributed by atoms with E-state index in [2.05, 4.69) is 10.1 Å². The number of aliphatic carboxylic acids is 1. The Kier molecular flexibility index (Phi) is 2.73. The third kappa shape index (κ3) is 2.02. The first kappa shape index (κ1) is 10.2. The van der Waals surface area contributed by atoms with Gasteiger partial charge in [-0.05, 0) is 19.9 Å². The number of aromatic nitrogens is 1. The average Bonchev–Trinajstić information content (AvgIpc) is 2.78. The fourth-order valence-corrected chi connectivity index (χ4v) is 2.10. The third-order valence-corrected chi connectivity index (χ3v) is 3.07. The second-order valence-electron chi connectivity index (χ2n) is 3.98. The van der Waals surface area contributed by atoms with Gasteiger partial charge in [0.1, 0.15) is 6.26 Å². The van der Waals surface area contributed by atoms with Gasteiger partial charge in [-0.3, -0.25) is 9.69 Å². The summed E-state index contributed by atoms with van der Waals surface area (Å²) in [5.74, 6) is -0.944. The van der Waals surface area contributed by atoms with Crippen molar-refractivity contribution in [1.82, 2.24) is 10.1 Å². The molecule has 2 atom stereocenters. The molecule has 5 nitrogen and oxygen atoms in total. The minimum absolute atomic E-state index is 0.0809. The van der Waals surface area contributed by atoms with E-state index < -0.39 is 5.97 Å². The summed E-state index contributed by atoms with van der Waals surface area (Å²) >= 11 is 0. The van der Waals surface area contributed by atoms with E-state index in [1.807, 2.05) is 6.92 Å². The number of nitrogens with zero attached hydrogens (tertiary/aromatic N) is 2. The van der Waals surface area contributed by atoms with Crippen LogP contribution in [0.4, 0.5) is 0 Å².